The van der Waals surface area contributed by atoms with Gasteiger partial charge in [-0.1, -0.05) is 53.7 Å². The van der Waals surface area contributed by atoms with Gasteiger partial charge in [-0.05, 0) is 6.07 Å². The van der Waals surface area contributed by atoms with E-state index in [1.807, 2.05) is 12.1 Å². The Morgan fingerprint density at radius 1 is 1.13 bits per heavy atom. The van der Waals surface area contributed by atoms with Gasteiger partial charge < -0.3 is 14.0 Å². The molecule has 2 aliphatic rings. The number of Topliss-reactive ketones (excluding diaryl/α,β-unsaturated/α-hetero) is 1. The molecule has 0 bridgehead atoms. The number of hydrogen-bond donors (Lipinski definition) is 1. The van der Waals surface area contributed by atoms with Crippen LogP contribution in [0, 0.1) is 0 Å². The van der Waals surface area contributed by atoms with Crippen LogP contribution in [-0.2, 0) is 4.43 Å². The van der Waals surface area contributed by atoms with Crippen molar-refractivity contribution in [1.29, 1.82) is 0 Å². The lowest BCUT2D eigenvalue weighted by Crippen LogP contribution is -2.62. The van der Waals surface area contributed by atoms with Crippen LogP contribution in [0.2, 0.25) is 10.1 Å². The van der Waals surface area contributed by atoms with Crippen molar-refractivity contribution < 1.29 is 18.8 Å². The molecule has 2 atom stereocenters. The average molecular weight is 334 g/mol. The van der Waals surface area contributed by atoms with Crippen LogP contribution in [0.4, 0.5) is 0 Å². The highest BCUT2D eigenvalue weighted by Gasteiger charge is 2.63. The van der Waals surface area contributed by atoms with Gasteiger partial charge in [0.1, 0.15) is 11.9 Å². The zero-order chi connectivity index (χ0) is 17.2. The molecular formula is C18H26O4Si. The Labute approximate surface area is 139 Å². The lowest BCUT2D eigenvalue weighted by molar-refractivity contribution is 0.0321. The Hall–Kier alpha value is -1.17. The molecule has 0 saturated carbocycles. The predicted octanol–water partition coefficient (Wildman–Crippen LogP) is 4.13. The van der Waals surface area contributed by atoms with Crippen molar-refractivity contribution in [2.75, 3.05) is 0 Å². The van der Waals surface area contributed by atoms with Crippen molar-refractivity contribution in [2.45, 2.75) is 70.2 Å². The van der Waals surface area contributed by atoms with E-state index in [1.165, 1.54) is 0 Å². The summed E-state index contributed by atoms with van der Waals surface area (Å²) in [6.07, 6.45) is -0.951. The molecule has 23 heavy (non-hydrogen) atoms. The van der Waals surface area contributed by atoms with Crippen molar-refractivity contribution in [1.82, 2.24) is 0 Å². The van der Waals surface area contributed by atoms with E-state index in [0.29, 0.717) is 12.0 Å². The second kappa shape index (κ2) is 4.91. The minimum Gasteiger partial charge on any atom is -0.519 e. The van der Waals surface area contributed by atoms with Crippen molar-refractivity contribution >= 4 is 14.3 Å². The highest BCUT2D eigenvalue weighted by atomic mass is 28.4. The van der Waals surface area contributed by atoms with Crippen LogP contribution in [0.1, 0.15) is 70.0 Å². The monoisotopic (exact) mass is 334 g/mol. The van der Waals surface area contributed by atoms with E-state index in [0.717, 1.165) is 11.3 Å². The van der Waals surface area contributed by atoms with Gasteiger partial charge in [0.25, 0.3) is 0 Å². The van der Waals surface area contributed by atoms with Gasteiger partial charge in [-0.3, -0.25) is 4.79 Å². The second-order valence-corrected chi connectivity index (χ2v) is 13.3. The highest BCUT2D eigenvalue weighted by molar-refractivity contribution is 6.74. The van der Waals surface area contributed by atoms with Crippen LogP contribution in [0.3, 0.4) is 0 Å². The zero-order valence-corrected chi connectivity index (χ0v) is 15.8. The van der Waals surface area contributed by atoms with Gasteiger partial charge in [0.2, 0.25) is 0 Å². The summed E-state index contributed by atoms with van der Waals surface area (Å²) >= 11 is 0. The van der Waals surface area contributed by atoms with Gasteiger partial charge >= 0.3 is 8.56 Å². The molecule has 0 amide bonds. The molecule has 0 aromatic heterocycles. The summed E-state index contributed by atoms with van der Waals surface area (Å²) in [6.45, 7) is 12.9. The van der Waals surface area contributed by atoms with Gasteiger partial charge in [0.15, 0.2) is 5.78 Å². The number of ketones is 1. The first-order valence-corrected chi connectivity index (χ1v) is 10.0. The van der Waals surface area contributed by atoms with Crippen LogP contribution in [-0.4, -0.2) is 25.6 Å². The largest absolute Gasteiger partial charge is 0.519 e. The maximum absolute atomic E-state index is 12.3. The third kappa shape index (κ3) is 2.29. The molecular weight excluding hydrogens is 308 g/mol. The summed E-state index contributed by atoms with van der Waals surface area (Å²) in [7, 11) is -2.68. The summed E-state index contributed by atoms with van der Waals surface area (Å²) < 4.78 is 13.2. The zero-order valence-electron chi connectivity index (χ0n) is 14.8. The molecule has 1 aromatic rings. The molecule has 1 N–H and O–H groups in total. The van der Waals surface area contributed by atoms with E-state index < -0.39 is 14.7 Å². The molecule has 4 nitrogen and oxygen atoms in total. The minimum absolute atomic E-state index is 0.147. The van der Waals surface area contributed by atoms with Gasteiger partial charge in [-0.25, -0.2) is 0 Å². The van der Waals surface area contributed by atoms with Crippen molar-refractivity contribution in [3.05, 3.63) is 29.3 Å². The molecule has 3 rings (SSSR count). The maximum atomic E-state index is 12.3. The summed E-state index contributed by atoms with van der Waals surface area (Å²) in [4.78, 5) is 12.3. The normalized spacial score (nSPS) is 26.5. The fraction of sp³-hybridized carbons (Fsp3) is 0.611. The Kier molecular flexibility index (Phi) is 3.56. The summed E-state index contributed by atoms with van der Waals surface area (Å²) in [5.74, 6) is 0.529. The third-order valence-electron chi connectivity index (χ3n) is 4.93. The van der Waals surface area contributed by atoms with Crippen LogP contribution in [0.15, 0.2) is 18.2 Å². The quantitative estimate of drug-likeness (QED) is 0.725. The van der Waals surface area contributed by atoms with E-state index in [4.69, 9.17) is 8.85 Å². The van der Waals surface area contributed by atoms with E-state index >= 15 is 0 Å². The minimum atomic E-state index is -2.68. The van der Waals surface area contributed by atoms with Crippen molar-refractivity contribution in [2.24, 2.45) is 0 Å². The van der Waals surface area contributed by atoms with E-state index in [1.54, 1.807) is 6.07 Å². The standard InChI is InChI=1S/C18H26O4Si/c1-17(2,3)23(18(4,5)6)21-13-9-7-8-11-15(13)14(22-23)10-12(19)16(11)20/h7-9,12,14,19H,10H2,1-6H3/t12-,14-/m0/s1. The Morgan fingerprint density at radius 2 is 1.74 bits per heavy atom. The van der Waals surface area contributed by atoms with Gasteiger partial charge in [-0.2, -0.15) is 0 Å². The summed E-state index contributed by atoms with van der Waals surface area (Å²) in [6, 6.07) is 5.52. The van der Waals surface area contributed by atoms with Gasteiger partial charge in [-0.15, -0.1) is 0 Å². The molecule has 0 radical (unpaired) electrons. The third-order valence-corrected chi connectivity index (χ3v) is 10.0. The number of aliphatic hydroxyl groups excluding tert-OH is 1. The first-order chi connectivity index (χ1) is 10.5. The SMILES string of the molecule is CC(C)(C)[Si]1(C(C)(C)C)Oc2cccc3c2[C@H](C[C@H](O)C3=O)O1. The highest BCUT2D eigenvalue weighted by Crippen LogP contribution is 2.58. The number of rotatable bonds is 0. The molecule has 0 spiro atoms. The molecule has 0 unspecified atom stereocenters. The van der Waals surface area contributed by atoms with E-state index in [2.05, 4.69) is 41.5 Å². The fourth-order valence-corrected chi connectivity index (χ4v) is 8.78. The number of aliphatic hydroxyl groups is 1. The first kappa shape index (κ1) is 16.7. The van der Waals surface area contributed by atoms with Crippen molar-refractivity contribution in [3.8, 4) is 5.75 Å². The fourth-order valence-electron chi connectivity index (χ4n) is 4.06. The first-order valence-electron chi connectivity index (χ1n) is 8.20. The molecule has 1 aromatic carbocycles. The maximum Gasteiger partial charge on any atom is 0.410 e. The van der Waals surface area contributed by atoms with Crippen LogP contribution >= 0.6 is 0 Å². The van der Waals surface area contributed by atoms with Crippen LogP contribution in [0.5, 0.6) is 5.75 Å². The lowest BCUT2D eigenvalue weighted by atomic mass is 9.86. The Bertz CT molecular complexity index is 640. The van der Waals surface area contributed by atoms with Crippen molar-refractivity contribution in [3.63, 3.8) is 0 Å². The second-order valence-electron chi connectivity index (χ2n) is 8.66. The number of carbonyl (C=O) groups excluding carboxylic acids is 1. The van der Waals surface area contributed by atoms with E-state index in [9.17, 15) is 9.90 Å². The Balaban J connectivity index is 2.21. The van der Waals surface area contributed by atoms with E-state index in [-0.39, 0.29) is 22.0 Å². The lowest BCUT2D eigenvalue weighted by Gasteiger charge is -2.54. The molecule has 0 fully saturated rings. The van der Waals surface area contributed by atoms with Gasteiger partial charge in [0.05, 0.1) is 6.10 Å². The number of benzene rings is 1. The van der Waals surface area contributed by atoms with Gasteiger partial charge in [0, 0.05) is 27.6 Å². The summed E-state index contributed by atoms with van der Waals surface area (Å²) in [5.41, 5.74) is 1.36. The molecule has 126 valence electrons. The summed E-state index contributed by atoms with van der Waals surface area (Å²) in [5, 5.41) is 9.87. The van der Waals surface area contributed by atoms with Crippen LogP contribution in [0.25, 0.3) is 0 Å². The Morgan fingerprint density at radius 3 is 2.30 bits per heavy atom. The molecule has 5 heteroatoms. The molecule has 1 heterocycles. The number of carbonyl (C=O) groups is 1. The number of hydrogen-bond acceptors (Lipinski definition) is 4. The topological polar surface area (TPSA) is 55.8 Å². The molecule has 1 aliphatic carbocycles. The van der Waals surface area contributed by atoms with Crippen LogP contribution < -0.4 is 4.43 Å². The average Bonchev–Trinajstić information content (AvgIpc) is 2.41. The molecule has 0 saturated heterocycles. The molecule has 1 aliphatic heterocycles. The predicted molar refractivity (Wildman–Crippen MR) is 91.0 cm³/mol. The smallest absolute Gasteiger partial charge is 0.410 e.